The lowest BCUT2D eigenvalue weighted by molar-refractivity contribution is 0.355. The van der Waals surface area contributed by atoms with E-state index in [1.54, 1.807) is 0 Å². The lowest BCUT2D eigenvalue weighted by Crippen LogP contribution is -2.21. The van der Waals surface area contributed by atoms with Gasteiger partial charge in [-0.05, 0) is 26.8 Å². The van der Waals surface area contributed by atoms with Crippen LogP contribution in [0.5, 0.6) is 0 Å². The second-order valence-corrected chi connectivity index (χ2v) is 5.23. The first kappa shape index (κ1) is 11.2. The molecule has 2 rings (SSSR count). The maximum atomic E-state index is 6.15. The van der Waals surface area contributed by atoms with Gasteiger partial charge in [0.2, 0.25) is 0 Å². The molecule has 0 atom stereocenters. The van der Waals surface area contributed by atoms with E-state index in [4.69, 9.17) is 11.6 Å². The summed E-state index contributed by atoms with van der Waals surface area (Å²) in [6.07, 6.45) is 3.88. The van der Waals surface area contributed by atoms with E-state index in [0.29, 0.717) is 0 Å². The van der Waals surface area contributed by atoms with Gasteiger partial charge in [0.1, 0.15) is 0 Å². The first-order valence-corrected chi connectivity index (χ1v) is 5.66. The third-order valence-electron chi connectivity index (χ3n) is 2.45. The molecule has 0 amide bonds. The Bertz CT molecular complexity index is 495. The first-order chi connectivity index (χ1) is 7.48. The van der Waals surface area contributed by atoms with E-state index in [-0.39, 0.29) is 5.54 Å². The highest BCUT2D eigenvalue weighted by Gasteiger charge is 2.15. The lowest BCUT2D eigenvalue weighted by Gasteiger charge is -2.18. The predicted octanol–water partition coefficient (Wildman–Crippen LogP) is 3.96. The Hall–Kier alpha value is -1.28. The van der Waals surface area contributed by atoms with Crippen LogP contribution in [0.3, 0.4) is 0 Å². The molecule has 2 aromatic rings. The molecule has 0 saturated carbocycles. The minimum atomic E-state index is -0.000490. The predicted molar refractivity (Wildman–Crippen MR) is 67.7 cm³/mol. The number of nitrogens with zero attached hydrogens (tertiary/aromatic N) is 2. The molecule has 1 heterocycles. The number of hydrogen-bond donors (Lipinski definition) is 0. The van der Waals surface area contributed by atoms with Crippen molar-refractivity contribution in [1.82, 2.24) is 9.78 Å². The molecule has 1 aromatic carbocycles. The highest BCUT2D eigenvalue weighted by Crippen LogP contribution is 2.28. The molecule has 1 aromatic heterocycles. The average molecular weight is 235 g/mol. The standard InChI is InChI=1S/C13H15ClN2/c1-13(2,3)16-9-10(8-15-16)11-6-4-5-7-12(11)14/h4-9H,1-3H3. The van der Waals surface area contributed by atoms with Crippen molar-refractivity contribution in [2.45, 2.75) is 26.3 Å². The van der Waals surface area contributed by atoms with E-state index in [2.05, 4.69) is 25.9 Å². The molecule has 0 aliphatic rings. The zero-order chi connectivity index (χ0) is 11.8. The molecule has 0 spiro atoms. The van der Waals surface area contributed by atoms with Gasteiger partial charge in [0, 0.05) is 22.3 Å². The van der Waals surface area contributed by atoms with Crippen LogP contribution in [0, 0.1) is 0 Å². The lowest BCUT2D eigenvalue weighted by atomic mass is 10.1. The number of hydrogen-bond acceptors (Lipinski definition) is 1. The summed E-state index contributed by atoms with van der Waals surface area (Å²) in [5.74, 6) is 0. The third-order valence-corrected chi connectivity index (χ3v) is 2.78. The summed E-state index contributed by atoms with van der Waals surface area (Å²) >= 11 is 6.15. The molecule has 16 heavy (non-hydrogen) atoms. The second kappa shape index (κ2) is 3.95. The molecule has 84 valence electrons. The number of aromatic nitrogens is 2. The van der Waals surface area contributed by atoms with Gasteiger partial charge in [-0.2, -0.15) is 5.10 Å². The number of halogens is 1. The minimum Gasteiger partial charge on any atom is -0.267 e. The van der Waals surface area contributed by atoms with Crippen LogP contribution in [0.15, 0.2) is 36.7 Å². The topological polar surface area (TPSA) is 17.8 Å². The fourth-order valence-corrected chi connectivity index (χ4v) is 1.77. The van der Waals surface area contributed by atoms with Crippen LogP contribution >= 0.6 is 11.6 Å². The van der Waals surface area contributed by atoms with Gasteiger partial charge in [-0.1, -0.05) is 29.8 Å². The van der Waals surface area contributed by atoms with Crippen molar-refractivity contribution in [3.8, 4) is 11.1 Å². The largest absolute Gasteiger partial charge is 0.267 e. The molecule has 2 nitrogen and oxygen atoms in total. The smallest absolute Gasteiger partial charge is 0.0569 e. The van der Waals surface area contributed by atoms with Gasteiger partial charge in [0.05, 0.1) is 11.7 Å². The third kappa shape index (κ3) is 2.12. The molecule has 0 aliphatic carbocycles. The molecule has 0 unspecified atom stereocenters. The van der Waals surface area contributed by atoms with Crippen LogP contribution < -0.4 is 0 Å². The van der Waals surface area contributed by atoms with Crippen molar-refractivity contribution in [2.24, 2.45) is 0 Å². The van der Waals surface area contributed by atoms with Crippen LogP contribution in [0.1, 0.15) is 20.8 Å². The van der Waals surface area contributed by atoms with Gasteiger partial charge in [-0.3, -0.25) is 4.68 Å². The maximum absolute atomic E-state index is 6.15. The molecule has 0 radical (unpaired) electrons. The summed E-state index contributed by atoms with van der Waals surface area (Å²) in [6, 6.07) is 7.81. The minimum absolute atomic E-state index is 0.000490. The Labute approximate surface area is 101 Å². The molecule has 0 saturated heterocycles. The van der Waals surface area contributed by atoms with Crippen molar-refractivity contribution < 1.29 is 0 Å². The van der Waals surface area contributed by atoms with E-state index in [1.807, 2.05) is 41.3 Å². The van der Waals surface area contributed by atoms with Gasteiger partial charge >= 0.3 is 0 Å². The zero-order valence-electron chi connectivity index (χ0n) is 9.74. The quantitative estimate of drug-likeness (QED) is 0.730. The van der Waals surface area contributed by atoms with Gasteiger partial charge in [-0.15, -0.1) is 0 Å². The molecule has 0 bridgehead atoms. The fourth-order valence-electron chi connectivity index (χ4n) is 1.52. The number of benzene rings is 1. The second-order valence-electron chi connectivity index (χ2n) is 4.82. The summed E-state index contributed by atoms with van der Waals surface area (Å²) in [6.45, 7) is 6.36. The van der Waals surface area contributed by atoms with E-state index >= 15 is 0 Å². The Kier molecular flexibility index (Phi) is 2.76. The van der Waals surface area contributed by atoms with E-state index in [0.717, 1.165) is 16.1 Å². The van der Waals surface area contributed by atoms with Crippen molar-refractivity contribution in [1.29, 1.82) is 0 Å². The maximum Gasteiger partial charge on any atom is 0.0569 e. The summed E-state index contributed by atoms with van der Waals surface area (Å²) in [4.78, 5) is 0. The zero-order valence-corrected chi connectivity index (χ0v) is 10.5. The Balaban J connectivity index is 2.44. The van der Waals surface area contributed by atoms with Crippen LogP contribution in [0.25, 0.3) is 11.1 Å². The van der Waals surface area contributed by atoms with E-state index in [1.165, 1.54) is 0 Å². The molecular formula is C13H15ClN2. The van der Waals surface area contributed by atoms with Crippen LogP contribution in [0.2, 0.25) is 5.02 Å². The molecule has 0 N–H and O–H groups in total. The summed E-state index contributed by atoms with van der Waals surface area (Å²) < 4.78 is 1.95. The fraction of sp³-hybridized carbons (Fsp3) is 0.308. The Morgan fingerprint density at radius 2 is 1.88 bits per heavy atom. The molecule has 0 fully saturated rings. The Morgan fingerprint density at radius 3 is 2.44 bits per heavy atom. The molecular weight excluding hydrogens is 220 g/mol. The SMILES string of the molecule is CC(C)(C)n1cc(-c2ccccc2Cl)cn1. The Morgan fingerprint density at radius 1 is 1.19 bits per heavy atom. The van der Waals surface area contributed by atoms with Crippen LogP contribution in [-0.4, -0.2) is 9.78 Å². The summed E-state index contributed by atoms with van der Waals surface area (Å²) in [5.41, 5.74) is 2.08. The van der Waals surface area contributed by atoms with Crippen molar-refractivity contribution in [2.75, 3.05) is 0 Å². The summed E-state index contributed by atoms with van der Waals surface area (Å²) in [7, 11) is 0. The summed E-state index contributed by atoms with van der Waals surface area (Å²) in [5, 5.41) is 5.12. The van der Waals surface area contributed by atoms with Gasteiger partial charge < -0.3 is 0 Å². The van der Waals surface area contributed by atoms with E-state index < -0.39 is 0 Å². The van der Waals surface area contributed by atoms with Crippen molar-refractivity contribution in [3.05, 3.63) is 41.7 Å². The van der Waals surface area contributed by atoms with Crippen LogP contribution in [0.4, 0.5) is 0 Å². The van der Waals surface area contributed by atoms with Gasteiger partial charge in [-0.25, -0.2) is 0 Å². The van der Waals surface area contributed by atoms with Crippen molar-refractivity contribution in [3.63, 3.8) is 0 Å². The monoisotopic (exact) mass is 234 g/mol. The first-order valence-electron chi connectivity index (χ1n) is 5.28. The van der Waals surface area contributed by atoms with Gasteiger partial charge in [0.25, 0.3) is 0 Å². The number of rotatable bonds is 1. The van der Waals surface area contributed by atoms with Crippen LogP contribution in [-0.2, 0) is 5.54 Å². The molecule has 3 heteroatoms. The van der Waals surface area contributed by atoms with Gasteiger partial charge in [0.15, 0.2) is 0 Å². The highest BCUT2D eigenvalue weighted by molar-refractivity contribution is 6.33. The van der Waals surface area contributed by atoms with E-state index in [9.17, 15) is 0 Å². The molecule has 0 aliphatic heterocycles. The van der Waals surface area contributed by atoms with Crippen molar-refractivity contribution >= 4 is 11.6 Å². The normalized spacial score (nSPS) is 11.8. The average Bonchev–Trinajstić information content (AvgIpc) is 2.66. The highest BCUT2D eigenvalue weighted by atomic mass is 35.5.